The molecule has 0 radical (unpaired) electrons. The molecule has 1 aromatic carbocycles. The molecule has 0 spiro atoms. The predicted molar refractivity (Wildman–Crippen MR) is 103 cm³/mol. The fourth-order valence-corrected chi connectivity index (χ4v) is 4.15. The molecule has 0 aromatic heterocycles. The van der Waals surface area contributed by atoms with Crippen LogP contribution in [0.4, 0.5) is 0 Å². The fraction of sp³-hybridized carbons (Fsp3) is 0.556. The lowest BCUT2D eigenvalue weighted by atomic mass is 10.0. The van der Waals surface area contributed by atoms with Crippen molar-refractivity contribution in [3.05, 3.63) is 29.8 Å². The molecule has 9 heteroatoms. The van der Waals surface area contributed by atoms with Gasteiger partial charge in [-0.2, -0.15) is 13.5 Å². The topological polar surface area (TPSA) is 90.0 Å². The first-order chi connectivity index (χ1) is 12.5. The van der Waals surface area contributed by atoms with E-state index in [1.807, 2.05) is 6.92 Å². The van der Waals surface area contributed by atoms with E-state index < -0.39 is 30.1 Å². The number of hydrogen-bond donors (Lipinski definition) is 0. The average molecular weight is 414 g/mol. The van der Waals surface area contributed by atoms with Crippen LogP contribution >= 0.6 is 0 Å². The first-order valence-corrected chi connectivity index (χ1v) is 14.1. The van der Waals surface area contributed by atoms with Crippen molar-refractivity contribution in [2.24, 2.45) is 0 Å². The number of carbonyl (C=O) groups is 2. The summed E-state index contributed by atoms with van der Waals surface area (Å²) in [5, 5.41) is 0.852. The van der Waals surface area contributed by atoms with Crippen LogP contribution in [0.3, 0.4) is 0 Å². The summed E-state index contributed by atoms with van der Waals surface area (Å²) in [6.07, 6.45) is 0.584. The van der Waals surface area contributed by atoms with Gasteiger partial charge in [0.2, 0.25) is 5.91 Å². The third-order valence-corrected chi connectivity index (χ3v) is 7.18. The van der Waals surface area contributed by atoms with Gasteiger partial charge < -0.3 is 4.74 Å². The summed E-state index contributed by atoms with van der Waals surface area (Å²) in [6.45, 7) is 8.84. The molecular weight excluding hydrogens is 386 g/mol. The van der Waals surface area contributed by atoms with Crippen LogP contribution in [0.5, 0.6) is 0 Å². The van der Waals surface area contributed by atoms with E-state index in [-0.39, 0.29) is 23.7 Å². The number of β-lactam (4-membered cyclic amide) rings is 1. The summed E-state index contributed by atoms with van der Waals surface area (Å²) in [5.74, 6) is -0.753. The van der Waals surface area contributed by atoms with Gasteiger partial charge in [-0.15, -0.1) is 4.28 Å². The van der Waals surface area contributed by atoms with Crippen molar-refractivity contribution in [1.82, 2.24) is 5.06 Å². The van der Waals surface area contributed by atoms with Gasteiger partial charge in [0.05, 0.1) is 24.0 Å². The molecule has 1 amide bonds. The Morgan fingerprint density at radius 1 is 1.22 bits per heavy atom. The van der Waals surface area contributed by atoms with E-state index in [9.17, 15) is 18.0 Å². The Labute approximate surface area is 161 Å². The van der Waals surface area contributed by atoms with Crippen molar-refractivity contribution in [3.8, 4) is 0 Å². The van der Waals surface area contributed by atoms with E-state index >= 15 is 0 Å². The van der Waals surface area contributed by atoms with Crippen molar-refractivity contribution in [3.63, 3.8) is 0 Å². The van der Waals surface area contributed by atoms with Crippen LogP contribution in [-0.2, 0) is 28.7 Å². The van der Waals surface area contributed by atoms with Crippen molar-refractivity contribution in [2.75, 3.05) is 6.61 Å². The van der Waals surface area contributed by atoms with Gasteiger partial charge in [0.25, 0.3) is 0 Å². The van der Waals surface area contributed by atoms with E-state index in [1.54, 1.807) is 12.1 Å². The van der Waals surface area contributed by atoms with E-state index in [2.05, 4.69) is 19.6 Å². The number of hydrogen-bond acceptors (Lipinski definition) is 6. The Hall–Kier alpha value is -1.71. The molecule has 2 rings (SSSR count). The van der Waals surface area contributed by atoms with E-state index in [0.29, 0.717) is 13.0 Å². The second kappa shape index (κ2) is 8.53. The van der Waals surface area contributed by atoms with E-state index in [0.717, 1.165) is 16.7 Å². The molecule has 1 fully saturated rings. The van der Waals surface area contributed by atoms with Crippen LogP contribution < -0.4 is 0 Å². The number of hydroxylamine groups is 2. The third-order valence-electron chi connectivity index (χ3n) is 4.27. The molecule has 7 nitrogen and oxygen atoms in total. The second-order valence-electron chi connectivity index (χ2n) is 7.99. The third kappa shape index (κ3) is 6.44. The zero-order valence-electron chi connectivity index (χ0n) is 16.2. The standard InChI is InChI=1S/C18H27NO6SSi/c1-14-5-8-16(9-6-14)26(22,23)25-19-15(13-17(19)20)7-10-18(21)24-11-12-27(2,3)4/h5-6,8-9,15H,7,10-13H2,1-4H3. The molecule has 1 atom stereocenters. The number of nitrogens with zero attached hydrogens (tertiary/aromatic N) is 1. The molecule has 1 aliphatic rings. The van der Waals surface area contributed by atoms with Crippen LogP contribution in [0.25, 0.3) is 0 Å². The number of amides is 1. The Kier molecular flexibility index (Phi) is 6.82. The van der Waals surface area contributed by atoms with Gasteiger partial charge in [0.15, 0.2) is 0 Å². The zero-order valence-corrected chi connectivity index (χ0v) is 18.0. The molecule has 1 unspecified atom stereocenters. The Bertz CT molecular complexity index is 785. The highest BCUT2D eigenvalue weighted by atomic mass is 32.2. The quantitative estimate of drug-likeness (QED) is 0.351. The maximum Gasteiger partial charge on any atom is 0.317 e. The van der Waals surface area contributed by atoms with Crippen LogP contribution in [0.2, 0.25) is 25.7 Å². The number of benzene rings is 1. The Balaban J connectivity index is 1.84. The number of esters is 1. The summed E-state index contributed by atoms with van der Waals surface area (Å²) >= 11 is 0. The van der Waals surface area contributed by atoms with Gasteiger partial charge in [-0.1, -0.05) is 37.3 Å². The second-order valence-corrected chi connectivity index (χ2v) is 15.1. The first-order valence-electron chi connectivity index (χ1n) is 8.97. The lowest BCUT2D eigenvalue weighted by Crippen LogP contribution is -2.53. The minimum atomic E-state index is -4.08. The summed E-state index contributed by atoms with van der Waals surface area (Å²) < 4.78 is 34.8. The SMILES string of the molecule is Cc1ccc(S(=O)(=O)ON2C(=O)CC2CCC(=O)OCC[Si](C)(C)C)cc1. The van der Waals surface area contributed by atoms with Gasteiger partial charge in [-0.05, 0) is 31.5 Å². The average Bonchev–Trinajstić information content (AvgIpc) is 2.56. The number of rotatable bonds is 9. The summed E-state index contributed by atoms with van der Waals surface area (Å²) in [4.78, 5) is 23.6. The molecule has 1 heterocycles. The molecule has 0 saturated carbocycles. The van der Waals surface area contributed by atoms with Crippen LogP contribution in [0, 0.1) is 6.92 Å². The van der Waals surface area contributed by atoms with Crippen molar-refractivity contribution < 1.29 is 27.0 Å². The lowest BCUT2D eigenvalue weighted by Gasteiger charge is -2.37. The van der Waals surface area contributed by atoms with Crippen molar-refractivity contribution >= 4 is 30.1 Å². The van der Waals surface area contributed by atoms with Crippen molar-refractivity contribution in [2.45, 2.75) is 62.8 Å². The highest BCUT2D eigenvalue weighted by molar-refractivity contribution is 7.86. The van der Waals surface area contributed by atoms with Gasteiger partial charge in [-0.3, -0.25) is 9.59 Å². The minimum absolute atomic E-state index is 0.0164. The summed E-state index contributed by atoms with van der Waals surface area (Å²) in [6, 6.07) is 6.62. The first kappa shape index (κ1) is 21.6. The number of carbonyl (C=O) groups excluding carboxylic acids is 2. The molecule has 1 aromatic rings. The van der Waals surface area contributed by atoms with Crippen LogP contribution in [-0.4, -0.2) is 46.1 Å². The van der Waals surface area contributed by atoms with Gasteiger partial charge in [0, 0.05) is 14.5 Å². The normalized spacial score (nSPS) is 17.6. The molecular formula is C18H27NO6SSi. The highest BCUT2D eigenvalue weighted by Gasteiger charge is 2.41. The van der Waals surface area contributed by atoms with Gasteiger partial charge in [-0.25, -0.2) is 0 Å². The van der Waals surface area contributed by atoms with Crippen LogP contribution in [0.1, 0.15) is 24.8 Å². The molecule has 1 aliphatic heterocycles. The molecule has 1 saturated heterocycles. The fourth-order valence-electron chi connectivity index (χ4n) is 2.47. The maximum atomic E-state index is 12.3. The summed E-state index contributed by atoms with van der Waals surface area (Å²) in [5.41, 5.74) is 0.916. The summed E-state index contributed by atoms with van der Waals surface area (Å²) in [7, 11) is -5.34. The molecule has 0 N–H and O–H groups in total. The Morgan fingerprint density at radius 2 is 1.85 bits per heavy atom. The van der Waals surface area contributed by atoms with Gasteiger partial charge in [0.1, 0.15) is 0 Å². The molecule has 150 valence electrons. The lowest BCUT2D eigenvalue weighted by molar-refractivity contribution is -0.190. The van der Waals surface area contributed by atoms with Gasteiger partial charge >= 0.3 is 16.1 Å². The molecule has 0 aliphatic carbocycles. The number of ether oxygens (including phenoxy) is 1. The highest BCUT2D eigenvalue weighted by Crippen LogP contribution is 2.27. The monoisotopic (exact) mass is 413 g/mol. The van der Waals surface area contributed by atoms with Crippen LogP contribution in [0.15, 0.2) is 29.2 Å². The molecule has 27 heavy (non-hydrogen) atoms. The largest absolute Gasteiger partial charge is 0.466 e. The van der Waals surface area contributed by atoms with E-state index in [1.165, 1.54) is 12.1 Å². The zero-order chi connectivity index (χ0) is 20.2. The van der Waals surface area contributed by atoms with Crippen molar-refractivity contribution in [1.29, 1.82) is 0 Å². The smallest absolute Gasteiger partial charge is 0.317 e. The van der Waals surface area contributed by atoms with E-state index in [4.69, 9.17) is 9.02 Å². The molecule has 0 bridgehead atoms. The predicted octanol–water partition coefficient (Wildman–Crippen LogP) is 2.88. The Morgan fingerprint density at radius 3 is 2.41 bits per heavy atom. The number of aryl methyl sites for hydroxylation is 1. The maximum absolute atomic E-state index is 12.3. The minimum Gasteiger partial charge on any atom is -0.466 e.